The summed E-state index contributed by atoms with van der Waals surface area (Å²) in [5.41, 5.74) is 2.01. The van der Waals surface area contributed by atoms with Crippen LogP contribution in [-0.4, -0.2) is 10.9 Å². The third kappa shape index (κ3) is 2.92. The lowest BCUT2D eigenvalue weighted by Gasteiger charge is -2.22. The predicted octanol–water partition coefficient (Wildman–Crippen LogP) is 6.03. The van der Waals surface area contributed by atoms with Crippen LogP contribution < -0.4 is 10.3 Å². The number of nitrogens with zero attached hydrogens (tertiary/aromatic N) is 2. The molecular weight excluding hydrogens is 488 g/mol. The summed E-state index contributed by atoms with van der Waals surface area (Å²) in [6.45, 7) is 3.86. The minimum absolute atomic E-state index is 0.0466. The Balaban J connectivity index is 1.84. The van der Waals surface area contributed by atoms with Gasteiger partial charge in [-0.1, -0.05) is 39.7 Å². The number of aryl methyl sites for hydroxylation is 2. The lowest BCUT2D eigenvalue weighted by atomic mass is 9.99. The number of hydrogen-bond donors (Lipinski definition) is 0. The number of rotatable bonds is 2. The zero-order chi connectivity index (χ0) is 21.2. The maximum atomic E-state index is 13.5. The zero-order valence-electron chi connectivity index (χ0n) is 15.9. The Bertz CT molecular complexity index is 1390. The van der Waals surface area contributed by atoms with Gasteiger partial charge in [0.05, 0.1) is 22.7 Å². The van der Waals surface area contributed by atoms with E-state index in [-0.39, 0.29) is 17.1 Å². The van der Waals surface area contributed by atoms with Crippen LogP contribution in [0, 0.1) is 13.8 Å². The van der Waals surface area contributed by atoms with E-state index < -0.39 is 6.04 Å². The Labute approximate surface area is 189 Å². The van der Waals surface area contributed by atoms with E-state index in [9.17, 15) is 9.59 Å². The molecule has 2 aromatic heterocycles. The van der Waals surface area contributed by atoms with Crippen LogP contribution >= 0.6 is 38.9 Å². The van der Waals surface area contributed by atoms with Gasteiger partial charge in [0.25, 0.3) is 5.91 Å². The van der Waals surface area contributed by atoms with Crippen molar-refractivity contribution in [3.05, 3.63) is 89.6 Å². The highest BCUT2D eigenvalue weighted by atomic mass is 79.9. The fourth-order valence-corrected chi connectivity index (χ4v) is 5.22. The van der Waals surface area contributed by atoms with Crippen molar-refractivity contribution in [2.24, 2.45) is 0 Å². The Morgan fingerprint density at radius 3 is 2.67 bits per heavy atom. The lowest BCUT2D eigenvalue weighted by molar-refractivity contribution is 0.0971. The van der Waals surface area contributed by atoms with Crippen LogP contribution in [0.1, 0.15) is 38.3 Å². The van der Waals surface area contributed by atoms with Crippen LogP contribution in [0.15, 0.2) is 56.1 Å². The van der Waals surface area contributed by atoms with E-state index in [1.54, 1.807) is 23.1 Å². The van der Waals surface area contributed by atoms with Crippen LogP contribution in [0.25, 0.3) is 11.0 Å². The number of benzene rings is 2. The molecule has 0 saturated heterocycles. The fourth-order valence-electron chi connectivity index (χ4n) is 3.69. The molecule has 0 radical (unpaired) electrons. The summed E-state index contributed by atoms with van der Waals surface area (Å²) in [6, 6.07) is 11.7. The summed E-state index contributed by atoms with van der Waals surface area (Å²) < 4.78 is 6.79. The molecule has 1 aliphatic rings. The summed E-state index contributed by atoms with van der Waals surface area (Å²) >= 11 is 11.0. The smallest absolute Gasteiger partial charge is 0.297 e. The molecule has 0 spiro atoms. The fraction of sp³-hybridized carbons (Fsp3) is 0.136. The zero-order valence-corrected chi connectivity index (χ0v) is 19.1. The van der Waals surface area contributed by atoms with Crippen molar-refractivity contribution in [1.29, 1.82) is 0 Å². The summed E-state index contributed by atoms with van der Waals surface area (Å²) in [6.07, 6.45) is 0. The molecule has 1 aliphatic heterocycles. The van der Waals surface area contributed by atoms with E-state index in [2.05, 4.69) is 20.9 Å². The van der Waals surface area contributed by atoms with E-state index in [0.29, 0.717) is 26.7 Å². The number of anilines is 1. The molecule has 2 aromatic carbocycles. The van der Waals surface area contributed by atoms with Crippen molar-refractivity contribution in [3.8, 4) is 0 Å². The summed E-state index contributed by atoms with van der Waals surface area (Å²) in [7, 11) is 0. The van der Waals surface area contributed by atoms with Crippen LogP contribution in [0.2, 0.25) is 5.02 Å². The van der Waals surface area contributed by atoms with Gasteiger partial charge in [0, 0.05) is 14.4 Å². The second kappa shape index (κ2) is 7.04. The van der Waals surface area contributed by atoms with Gasteiger partial charge in [-0.25, -0.2) is 4.98 Å². The van der Waals surface area contributed by atoms with Gasteiger partial charge in [-0.05, 0) is 49.7 Å². The molecule has 0 saturated carbocycles. The summed E-state index contributed by atoms with van der Waals surface area (Å²) in [5, 5.41) is 1.32. The van der Waals surface area contributed by atoms with E-state index in [1.165, 1.54) is 11.3 Å². The second-order valence-corrected chi connectivity index (χ2v) is 9.62. The molecule has 0 N–H and O–H groups in total. The Morgan fingerprint density at radius 1 is 1.17 bits per heavy atom. The highest BCUT2D eigenvalue weighted by Crippen LogP contribution is 2.43. The summed E-state index contributed by atoms with van der Waals surface area (Å²) in [4.78, 5) is 34.1. The topological polar surface area (TPSA) is 63.4 Å². The highest BCUT2D eigenvalue weighted by Gasteiger charge is 2.45. The molecule has 3 heterocycles. The van der Waals surface area contributed by atoms with Crippen LogP contribution in [0.5, 0.6) is 0 Å². The highest BCUT2D eigenvalue weighted by molar-refractivity contribution is 9.10. The van der Waals surface area contributed by atoms with Crippen LogP contribution in [-0.2, 0) is 0 Å². The molecule has 0 fully saturated rings. The first-order valence-electron chi connectivity index (χ1n) is 9.14. The van der Waals surface area contributed by atoms with Gasteiger partial charge in [0.2, 0.25) is 5.76 Å². The van der Waals surface area contributed by atoms with Crippen molar-refractivity contribution in [2.45, 2.75) is 19.9 Å². The van der Waals surface area contributed by atoms with Crippen molar-refractivity contribution >= 4 is 60.9 Å². The normalized spacial score (nSPS) is 15.8. The first-order valence-corrected chi connectivity index (χ1v) is 11.1. The minimum atomic E-state index is -0.644. The largest absolute Gasteiger partial charge is 0.450 e. The Hall–Kier alpha value is -2.48. The van der Waals surface area contributed by atoms with Crippen molar-refractivity contribution in [3.63, 3.8) is 0 Å². The average Bonchev–Trinajstić information content (AvgIpc) is 3.19. The van der Waals surface area contributed by atoms with E-state index in [1.807, 2.05) is 38.1 Å². The Kier molecular flexibility index (Phi) is 4.57. The molecule has 0 unspecified atom stereocenters. The van der Waals surface area contributed by atoms with E-state index >= 15 is 0 Å². The minimum Gasteiger partial charge on any atom is -0.450 e. The maximum absolute atomic E-state index is 13.5. The second-order valence-electron chi connectivity index (χ2n) is 7.09. The molecular formula is C22H14BrClN2O3S. The number of hydrogen-bond acceptors (Lipinski definition) is 5. The SMILES string of the molecule is Cc1nc(N2C(=O)c3oc4ccc(Cl)cc4c(=O)c3[C@H]2c2cccc(Br)c2)sc1C. The molecule has 150 valence electrons. The van der Waals surface area contributed by atoms with Gasteiger partial charge in [0.1, 0.15) is 5.58 Å². The van der Waals surface area contributed by atoms with Crippen LogP contribution in [0.4, 0.5) is 5.13 Å². The molecule has 5 rings (SSSR count). The monoisotopic (exact) mass is 500 g/mol. The lowest BCUT2D eigenvalue weighted by Crippen LogP contribution is -2.29. The molecule has 0 aliphatic carbocycles. The number of fused-ring (bicyclic) bond motifs is 2. The van der Waals surface area contributed by atoms with Gasteiger partial charge >= 0.3 is 0 Å². The molecule has 0 bridgehead atoms. The number of amides is 1. The van der Waals surface area contributed by atoms with E-state index in [0.717, 1.165) is 20.6 Å². The third-order valence-electron chi connectivity index (χ3n) is 5.22. The predicted molar refractivity (Wildman–Crippen MR) is 122 cm³/mol. The molecule has 5 nitrogen and oxygen atoms in total. The van der Waals surface area contributed by atoms with Crippen molar-refractivity contribution < 1.29 is 9.21 Å². The van der Waals surface area contributed by atoms with E-state index in [4.69, 9.17) is 16.0 Å². The number of thiazole rings is 1. The first-order chi connectivity index (χ1) is 14.3. The Morgan fingerprint density at radius 2 is 1.97 bits per heavy atom. The number of carbonyl (C=O) groups excluding carboxylic acids is 1. The van der Waals surface area contributed by atoms with Gasteiger partial charge in [-0.2, -0.15) is 0 Å². The van der Waals surface area contributed by atoms with Gasteiger partial charge < -0.3 is 4.42 Å². The van der Waals surface area contributed by atoms with Gasteiger partial charge in [-0.3, -0.25) is 14.5 Å². The van der Waals surface area contributed by atoms with Gasteiger partial charge in [-0.15, -0.1) is 11.3 Å². The first kappa shape index (κ1) is 19.5. The third-order valence-corrected chi connectivity index (χ3v) is 7.02. The van der Waals surface area contributed by atoms with Gasteiger partial charge in [0.15, 0.2) is 10.6 Å². The molecule has 1 atom stereocenters. The van der Waals surface area contributed by atoms with Crippen molar-refractivity contribution in [1.82, 2.24) is 4.98 Å². The number of carbonyl (C=O) groups is 1. The molecule has 30 heavy (non-hydrogen) atoms. The molecule has 4 aromatic rings. The average molecular weight is 502 g/mol. The number of halogens is 2. The molecule has 8 heteroatoms. The maximum Gasteiger partial charge on any atom is 0.297 e. The quantitative estimate of drug-likeness (QED) is 0.336. The van der Waals surface area contributed by atoms with Crippen LogP contribution in [0.3, 0.4) is 0 Å². The molecule has 1 amide bonds. The number of aromatic nitrogens is 1. The summed E-state index contributed by atoms with van der Waals surface area (Å²) in [5.74, 6) is -0.331. The standard InChI is InChI=1S/C22H14BrClN2O3S/c1-10-11(2)30-22(25-10)26-18(12-4-3-5-13(23)8-12)17-19(27)15-9-14(24)6-7-16(15)29-20(17)21(26)28/h3-9,18H,1-2H3/t18-/m1/s1. The van der Waals surface area contributed by atoms with Crippen molar-refractivity contribution in [2.75, 3.05) is 4.90 Å².